The minimum Gasteiger partial charge on any atom is -0.317 e. The summed E-state index contributed by atoms with van der Waals surface area (Å²) in [6.07, 6.45) is 0. The van der Waals surface area contributed by atoms with Gasteiger partial charge in [0.05, 0.1) is 6.61 Å². The maximum Gasteiger partial charge on any atom is 0.299 e. The molecule has 0 aliphatic carbocycles. The SMILES string of the molecule is CCOP(=O)(Cl)CP(=O)(Cl)Cl. The third-order valence-electron chi connectivity index (χ3n) is 0.655. The molecule has 0 rings (SSSR count). The van der Waals surface area contributed by atoms with E-state index in [1.54, 1.807) is 6.92 Å². The van der Waals surface area contributed by atoms with E-state index in [1.807, 2.05) is 0 Å². The second-order valence-corrected chi connectivity index (χ2v) is 10.8. The summed E-state index contributed by atoms with van der Waals surface area (Å²) in [5.74, 6) is -3.88. The van der Waals surface area contributed by atoms with Crippen LogP contribution in [0.3, 0.4) is 0 Å². The van der Waals surface area contributed by atoms with Gasteiger partial charge in [-0.25, -0.2) is 0 Å². The van der Waals surface area contributed by atoms with Gasteiger partial charge in [-0.1, -0.05) is 0 Å². The average molecular weight is 259 g/mol. The standard InChI is InChI=1S/C3H7Cl3O3P2/c1-2-9-11(6,8)3-10(4,5)7/h2-3H2,1H3. The predicted octanol–water partition coefficient (Wildman–Crippen LogP) is 4.08. The summed E-state index contributed by atoms with van der Waals surface area (Å²) in [5, 5.41) is 0. The molecule has 0 spiro atoms. The number of hydrogen-bond acceptors (Lipinski definition) is 3. The van der Waals surface area contributed by atoms with Crippen LogP contribution in [0.25, 0.3) is 0 Å². The van der Waals surface area contributed by atoms with E-state index in [4.69, 9.17) is 33.7 Å². The first-order valence-corrected chi connectivity index (χ1v) is 9.10. The van der Waals surface area contributed by atoms with Crippen LogP contribution in [0.1, 0.15) is 6.92 Å². The third kappa shape index (κ3) is 7.64. The van der Waals surface area contributed by atoms with Crippen molar-refractivity contribution in [3.05, 3.63) is 0 Å². The van der Waals surface area contributed by atoms with E-state index in [0.29, 0.717) is 0 Å². The molecule has 11 heavy (non-hydrogen) atoms. The fraction of sp³-hybridized carbons (Fsp3) is 1.00. The smallest absolute Gasteiger partial charge is 0.299 e. The Hall–Kier alpha value is 1.29. The fourth-order valence-corrected chi connectivity index (χ4v) is 7.88. The highest BCUT2D eigenvalue weighted by molar-refractivity contribution is 8.14. The molecule has 0 bridgehead atoms. The molecule has 0 aromatic carbocycles. The molecule has 0 fully saturated rings. The lowest BCUT2D eigenvalue weighted by Crippen LogP contribution is -1.86. The number of rotatable bonds is 4. The van der Waals surface area contributed by atoms with Crippen molar-refractivity contribution in [1.82, 2.24) is 0 Å². The highest BCUT2D eigenvalue weighted by Gasteiger charge is 2.29. The maximum absolute atomic E-state index is 11.0. The molecule has 0 aromatic rings. The zero-order valence-electron chi connectivity index (χ0n) is 5.67. The summed E-state index contributed by atoms with van der Waals surface area (Å²) in [6.45, 7) is -1.58. The van der Waals surface area contributed by atoms with Crippen molar-refractivity contribution < 1.29 is 13.7 Å². The summed E-state index contributed by atoms with van der Waals surface area (Å²) in [6, 6.07) is 0. The number of hydrogen-bond donors (Lipinski definition) is 0. The van der Waals surface area contributed by atoms with Gasteiger partial charge in [-0.15, -0.1) is 0 Å². The van der Waals surface area contributed by atoms with Crippen molar-refractivity contribution in [1.29, 1.82) is 0 Å². The highest BCUT2D eigenvalue weighted by atomic mass is 35.9. The lowest BCUT2D eigenvalue weighted by Gasteiger charge is -2.09. The molecular formula is C3H7Cl3O3P2. The molecule has 0 amide bonds. The monoisotopic (exact) mass is 258 g/mol. The van der Waals surface area contributed by atoms with Crippen LogP contribution in [0.5, 0.6) is 0 Å². The maximum atomic E-state index is 11.0. The van der Waals surface area contributed by atoms with Crippen LogP contribution in [0.4, 0.5) is 0 Å². The van der Waals surface area contributed by atoms with Crippen LogP contribution in [-0.2, 0) is 13.7 Å². The molecule has 0 heterocycles. The molecular weight excluding hydrogens is 252 g/mol. The summed E-state index contributed by atoms with van der Waals surface area (Å²) in [5.41, 5.74) is 0. The largest absolute Gasteiger partial charge is 0.317 e. The molecule has 0 saturated carbocycles. The van der Waals surface area contributed by atoms with Crippen molar-refractivity contribution >= 4 is 46.3 Å². The highest BCUT2D eigenvalue weighted by Crippen LogP contribution is 2.70. The Kier molecular flexibility index (Phi) is 5.03. The van der Waals surface area contributed by atoms with Gasteiger partial charge >= 0.3 is 0 Å². The zero-order valence-corrected chi connectivity index (χ0v) is 9.72. The first-order valence-electron chi connectivity index (χ1n) is 2.68. The molecule has 0 radical (unpaired) electrons. The van der Waals surface area contributed by atoms with Gasteiger partial charge in [-0.05, 0) is 40.6 Å². The zero-order chi connectivity index (χ0) is 9.12. The van der Waals surface area contributed by atoms with E-state index < -0.39 is 18.5 Å². The molecule has 8 heteroatoms. The van der Waals surface area contributed by atoms with Gasteiger partial charge < -0.3 is 4.52 Å². The molecule has 1 atom stereocenters. The van der Waals surface area contributed by atoms with Crippen LogP contribution < -0.4 is 0 Å². The van der Waals surface area contributed by atoms with Crippen LogP contribution in [0.15, 0.2) is 0 Å². The molecule has 0 aromatic heterocycles. The van der Waals surface area contributed by atoms with Crippen LogP contribution in [0, 0.1) is 0 Å². The summed E-state index contributed by atoms with van der Waals surface area (Å²) < 4.78 is 26.3. The average Bonchev–Trinajstić information content (AvgIpc) is 1.55. The normalized spacial score (nSPS) is 17.8. The van der Waals surface area contributed by atoms with E-state index in [-0.39, 0.29) is 6.61 Å². The first kappa shape index (κ1) is 12.3. The van der Waals surface area contributed by atoms with Gasteiger partial charge in [0.25, 0.3) is 12.6 Å². The van der Waals surface area contributed by atoms with Gasteiger partial charge in [0.1, 0.15) is 5.90 Å². The van der Waals surface area contributed by atoms with Crippen LogP contribution in [-0.4, -0.2) is 12.5 Å². The van der Waals surface area contributed by atoms with Gasteiger partial charge in [0.15, 0.2) is 0 Å². The quantitative estimate of drug-likeness (QED) is 0.714. The molecule has 68 valence electrons. The summed E-state index contributed by atoms with van der Waals surface area (Å²) in [7, 11) is 0. The molecule has 0 aliphatic heterocycles. The fourth-order valence-electron chi connectivity index (χ4n) is 0.430. The van der Waals surface area contributed by atoms with Crippen molar-refractivity contribution in [2.75, 3.05) is 12.5 Å². The van der Waals surface area contributed by atoms with Crippen molar-refractivity contribution in [2.45, 2.75) is 6.92 Å². The molecule has 1 unspecified atom stereocenters. The Bertz CT molecular complexity index is 212. The topological polar surface area (TPSA) is 43.4 Å². The van der Waals surface area contributed by atoms with Crippen molar-refractivity contribution in [3.8, 4) is 0 Å². The van der Waals surface area contributed by atoms with E-state index in [2.05, 4.69) is 4.52 Å². The molecule has 0 saturated heterocycles. The minimum absolute atomic E-state index is 0.175. The summed E-state index contributed by atoms with van der Waals surface area (Å²) >= 11 is 15.6. The third-order valence-corrected chi connectivity index (χ3v) is 7.15. The van der Waals surface area contributed by atoms with E-state index in [0.717, 1.165) is 0 Å². The Morgan fingerprint density at radius 2 is 1.73 bits per heavy atom. The Morgan fingerprint density at radius 1 is 1.27 bits per heavy atom. The van der Waals surface area contributed by atoms with Gasteiger partial charge in [-0.3, -0.25) is 9.13 Å². The van der Waals surface area contributed by atoms with Crippen LogP contribution in [0.2, 0.25) is 0 Å². The Balaban J connectivity index is 4.14. The van der Waals surface area contributed by atoms with E-state index >= 15 is 0 Å². The molecule has 0 aliphatic rings. The molecule has 3 nitrogen and oxygen atoms in total. The minimum atomic E-state index is -3.39. The Morgan fingerprint density at radius 3 is 2.00 bits per heavy atom. The molecule has 0 N–H and O–H groups in total. The van der Waals surface area contributed by atoms with Gasteiger partial charge in [0, 0.05) is 0 Å². The van der Waals surface area contributed by atoms with Crippen molar-refractivity contribution in [3.63, 3.8) is 0 Å². The lowest BCUT2D eigenvalue weighted by atomic mass is 10.9. The second-order valence-electron chi connectivity index (χ2n) is 1.72. The number of halogens is 3. The van der Waals surface area contributed by atoms with E-state index in [9.17, 15) is 9.13 Å². The predicted molar refractivity (Wildman–Crippen MR) is 49.3 cm³/mol. The van der Waals surface area contributed by atoms with Crippen LogP contribution >= 0.6 is 46.3 Å². The Labute approximate surface area is 79.5 Å². The van der Waals surface area contributed by atoms with Crippen molar-refractivity contribution in [2.24, 2.45) is 0 Å². The lowest BCUT2D eigenvalue weighted by molar-refractivity contribution is 0.347. The van der Waals surface area contributed by atoms with E-state index in [1.165, 1.54) is 0 Å². The summed E-state index contributed by atoms with van der Waals surface area (Å²) in [4.78, 5) is 0. The van der Waals surface area contributed by atoms with Gasteiger partial charge in [-0.2, -0.15) is 0 Å². The van der Waals surface area contributed by atoms with Gasteiger partial charge in [0.2, 0.25) is 0 Å². The first-order chi connectivity index (χ1) is 4.77. The second kappa shape index (κ2) is 4.50.